The van der Waals surface area contributed by atoms with Crippen molar-refractivity contribution in [3.05, 3.63) is 52.0 Å². The average Bonchev–Trinajstić information content (AvgIpc) is 2.99. The van der Waals surface area contributed by atoms with Crippen molar-refractivity contribution in [2.45, 2.75) is 32.9 Å². The van der Waals surface area contributed by atoms with Gasteiger partial charge in [-0.05, 0) is 18.9 Å². The molecule has 1 aromatic heterocycles. The van der Waals surface area contributed by atoms with Crippen molar-refractivity contribution >= 4 is 17.4 Å². The van der Waals surface area contributed by atoms with E-state index in [2.05, 4.69) is 10.3 Å². The number of nitrogens with zero attached hydrogens (tertiary/aromatic N) is 2. The Hall–Kier alpha value is -1.92. The summed E-state index contributed by atoms with van der Waals surface area (Å²) < 4.78 is 0. The summed E-state index contributed by atoms with van der Waals surface area (Å²) in [5, 5.41) is 15.2. The summed E-state index contributed by atoms with van der Waals surface area (Å²) in [5.74, 6) is 0. The molecule has 124 valence electrons. The molecule has 0 aliphatic heterocycles. The Balaban J connectivity index is 2.04. The topological polar surface area (TPSA) is 65.5 Å². The summed E-state index contributed by atoms with van der Waals surface area (Å²) in [6.07, 6.45) is 0.775. The Bertz CT molecular complexity index is 615. The van der Waals surface area contributed by atoms with Crippen LogP contribution in [0.15, 0.2) is 35.7 Å². The molecule has 0 spiro atoms. The van der Waals surface area contributed by atoms with Gasteiger partial charge in [0.1, 0.15) is 5.01 Å². The van der Waals surface area contributed by atoms with Crippen molar-refractivity contribution in [2.24, 2.45) is 0 Å². The fraction of sp³-hybridized carbons (Fsp3) is 0.412. The minimum Gasteiger partial charge on any atom is -0.395 e. The molecule has 1 atom stereocenters. The van der Waals surface area contributed by atoms with Gasteiger partial charge >= 0.3 is 6.03 Å². The Labute approximate surface area is 141 Å². The lowest BCUT2D eigenvalue weighted by Crippen LogP contribution is -2.42. The van der Waals surface area contributed by atoms with Crippen molar-refractivity contribution in [2.75, 3.05) is 13.2 Å². The van der Waals surface area contributed by atoms with Crippen LogP contribution in [0, 0.1) is 6.92 Å². The summed E-state index contributed by atoms with van der Waals surface area (Å²) in [7, 11) is 0. The summed E-state index contributed by atoms with van der Waals surface area (Å²) >= 11 is 1.56. The molecule has 6 heteroatoms. The molecule has 23 heavy (non-hydrogen) atoms. The SMILES string of the molecule is CCC(NC(=O)N(CCO)Cc1ccccc1)c1nc(C)cs1. The van der Waals surface area contributed by atoms with Crippen molar-refractivity contribution in [3.8, 4) is 0 Å². The standard InChI is InChI=1S/C17H23N3O2S/c1-3-15(16-18-13(2)12-23-16)19-17(22)20(9-10-21)11-14-7-5-4-6-8-14/h4-8,12,15,21H,3,9-11H2,1-2H3,(H,19,22). The lowest BCUT2D eigenvalue weighted by Gasteiger charge is -2.25. The van der Waals surface area contributed by atoms with Gasteiger partial charge < -0.3 is 15.3 Å². The molecular weight excluding hydrogens is 310 g/mol. The van der Waals surface area contributed by atoms with Gasteiger partial charge in [-0.25, -0.2) is 9.78 Å². The average molecular weight is 333 g/mol. The number of carbonyl (C=O) groups excluding carboxylic acids is 1. The zero-order valence-electron chi connectivity index (χ0n) is 13.5. The van der Waals surface area contributed by atoms with Crippen LogP contribution in [0.5, 0.6) is 0 Å². The van der Waals surface area contributed by atoms with E-state index >= 15 is 0 Å². The smallest absolute Gasteiger partial charge is 0.318 e. The molecular formula is C17H23N3O2S. The van der Waals surface area contributed by atoms with Crippen LogP contribution in [0.1, 0.15) is 35.7 Å². The van der Waals surface area contributed by atoms with Gasteiger partial charge in [0.15, 0.2) is 0 Å². The summed E-state index contributed by atoms with van der Waals surface area (Å²) in [6.45, 7) is 4.68. The maximum absolute atomic E-state index is 12.6. The van der Waals surface area contributed by atoms with Crippen LogP contribution in [0.3, 0.4) is 0 Å². The number of aryl methyl sites for hydroxylation is 1. The van der Waals surface area contributed by atoms with E-state index in [1.54, 1.807) is 16.2 Å². The number of thiazole rings is 1. The van der Waals surface area contributed by atoms with E-state index in [4.69, 9.17) is 0 Å². The molecule has 0 fully saturated rings. The van der Waals surface area contributed by atoms with E-state index in [1.807, 2.05) is 49.6 Å². The Kier molecular flexibility index (Phi) is 6.55. The van der Waals surface area contributed by atoms with E-state index in [0.29, 0.717) is 13.1 Å². The maximum Gasteiger partial charge on any atom is 0.318 e. The van der Waals surface area contributed by atoms with Gasteiger partial charge in [-0.1, -0.05) is 37.3 Å². The number of carbonyl (C=O) groups is 1. The predicted octanol–water partition coefficient (Wildman–Crippen LogP) is 3.11. The van der Waals surface area contributed by atoms with E-state index in [0.717, 1.165) is 22.7 Å². The second-order valence-corrected chi connectivity index (χ2v) is 6.26. The maximum atomic E-state index is 12.6. The number of benzene rings is 1. The fourth-order valence-electron chi connectivity index (χ4n) is 2.29. The highest BCUT2D eigenvalue weighted by Gasteiger charge is 2.20. The van der Waals surface area contributed by atoms with E-state index in [1.165, 1.54) is 0 Å². The normalized spacial score (nSPS) is 12.0. The van der Waals surface area contributed by atoms with Crippen molar-refractivity contribution in [3.63, 3.8) is 0 Å². The minimum absolute atomic E-state index is 0.0621. The third kappa shape index (κ3) is 5.04. The molecule has 2 aromatic rings. The van der Waals surface area contributed by atoms with E-state index < -0.39 is 0 Å². The lowest BCUT2D eigenvalue weighted by atomic mass is 10.2. The zero-order valence-corrected chi connectivity index (χ0v) is 14.3. The first-order valence-electron chi connectivity index (χ1n) is 7.76. The Morgan fingerprint density at radius 1 is 1.39 bits per heavy atom. The van der Waals surface area contributed by atoms with Crippen LogP contribution >= 0.6 is 11.3 Å². The molecule has 0 aliphatic carbocycles. The number of amides is 2. The van der Waals surface area contributed by atoms with E-state index in [9.17, 15) is 9.90 Å². The molecule has 0 bridgehead atoms. The summed E-state index contributed by atoms with van der Waals surface area (Å²) in [6, 6.07) is 9.49. The van der Waals surface area contributed by atoms with Gasteiger partial charge in [0, 0.05) is 24.2 Å². The van der Waals surface area contributed by atoms with Crippen LogP contribution in [-0.2, 0) is 6.54 Å². The van der Waals surface area contributed by atoms with Gasteiger partial charge in [-0.15, -0.1) is 11.3 Å². The number of urea groups is 1. The molecule has 0 aliphatic rings. The molecule has 1 unspecified atom stereocenters. The summed E-state index contributed by atoms with van der Waals surface area (Å²) in [5.41, 5.74) is 2.00. The van der Waals surface area contributed by atoms with Gasteiger partial charge in [0.2, 0.25) is 0 Å². The predicted molar refractivity (Wildman–Crippen MR) is 92.4 cm³/mol. The van der Waals surface area contributed by atoms with Crippen LogP contribution < -0.4 is 5.32 Å². The van der Waals surface area contributed by atoms with E-state index in [-0.39, 0.29) is 18.7 Å². The highest BCUT2D eigenvalue weighted by atomic mass is 32.1. The largest absolute Gasteiger partial charge is 0.395 e. The zero-order chi connectivity index (χ0) is 16.7. The van der Waals surface area contributed by atoms with Gasteiger partial charge in [-0.2, -0.15) is 0 Å². The van der Waals surface area contributed by atoms with Crippen LogP contribution in [0.4, 0.5) is 4.79 Å². The van der Waals surface area contributed by atoms with Crippen molar-refractivity contribution < 1.29 is 9.90 Å². The van der Waals surface area contributed by atoms with Gasteiger partial charge in [0.05, 0.1) is 12.6 Å². The first-order chi connectivity index (χ1) is 11.1. The number of nitrogens with one attached hydrogen (secondary N) is 1. The Morgan fingerprint density at radius 2 is 2.13 bits per heavy atom. The van der Waals surface area contributed by atoms with Crippen molar-refractivity contribution in [1.82, 2.24) is 15.2 Å². The van der Waals surface area contributed by atoms with Crippen molar-refractivity contribution in [1.29, 1.82) is 0 Å². The van der Waals surface area contributed by atoms with Crippen LogP contribution in [-0.4, -0.2) is 34.2 Å². The number of hydrogen-bond acceptors (Lipinski definition) is 4. The minimum atomic E-state index is -0.178. The fourth-order valence-corrected chi connectivity index (χ4v) is 3.22. The monoisotopic (exact) mass is 333 g/mol. The van der Waals surface area contributed by atoms with Crippen LogP contribution in [0.2, 0.25) is 0 Å². The highest BCUT2D eigenvalue weighted by molar-refractivity contribution is 7.09. The number of aromatic nitrogens is 1. The second kappa shape index (κ2) is 8.64. The molecule has 2 rings (SSSR count). The first-order valence-corrected chi connectivity index (χ1v) is 8.64. The molecule has 5 nitrogen and oxygen atoms in total. The molecule has 0 saturated heterocycles. The summed E-state index contributed by atoms with van der Waals surface area (Å²) in [4.78, 5) is 18.7. The number of hydrogen-bond donors (Lipinski definition) is 2. The number of aliphatic hydroxyl groups excluding tert-OH is 1. The third-order valence-electron chi connectivity index (χ3n) is 3.51. The Morgan fingerprint density at radius 3 is 2.70 bits per heavy atom. The molecule has 2 amide bonds. The first kappa shape index (κ1) is 17.4. The van der Waals surface area contributed by atoms with Gasteiger partial charge in [-0.3, -0.25) is 0 Å². The molecule has 0 saturated carbocycles. The van der Waals surface area contributed by atoms with Crippen LogP contribution in [0.25, 0.3) is 0 Å². The molecule has 1 heterocycles. The lowest BCUT2D eigenvalue weighted by molar-refractivity contribution is 0.170. The number of rotatable bonds is 7. The highest BCUT2D eigenvalue weighted by Crippen LogP contribution is 2.21. The second-order valence-electron chi connectivity index (χ2n) is 5.37. The molecule has 1 aromatic carbocycles. The van der Waals surface area contributed by atoms with Gasteiger partial charge in [0.25, 0.3) is 0 Å². The quantitative estimate of drug-likeness (QED) is 0.818. The molecule has 0 radical (unpaired) electrons. The molecule has 2 N–H and O–H groups in total. The number of aliphatic hydroxyl groups is 1. The third-order valence-corrected chi connectivity index (χ3v) is 4.59.